The number of carbonyl (C=O) groups excluding carboxylic acids is 1. The lowest BCUT2D eigenvalue weighted by Gasteiger charge is -2.23. The van der Waals surface area contributed by atoms with Crippen LogP contribution in [0.25, 0.3) is 0 Å². The third-order valence-corrected chi connectivity index (χ3v) is 4.10. The summed E-state index contributed by atoms with van der Waals surface area (Å²) in [6, 6.07) is 3.59. The second-order valence-corrected chi connectivity index (χ2v) is 5.66. The molecule has 0 unspecified atom stereocenters. The Morgan fingerprint density at radius 1 is 1.43 bits per heavy atom. The predicted octanol–water partition coefficient (Wildman–Crippen LogP) is 2.35. The Morgan fingerprint density at radius 3 is 2.96 bits per heavy atom. The Kier molecular flexibility index (Phi) is 4.27. The van der Waals surface area contributed by atoms with Gasteiger partial charge in [-0.1, -0.05) is 12.1 Å². The molecule has 0 bridgehead atoms. The van der Waals surface area contributed by atoms with E-state index in [2.05, 4.69) is 20.4 Å². The van der Waals surface area contributed by atoms with E-state index in [1.807, 2.05) is 31.9 Å². The summed E-state index contributed by atoms with van der Waals surface area (Å²) in [7, 11) is 1.82. The Labute approximate surface area is 135 Å². The molecule has 7 nitrogen and oxygen atoms in total. The van der Waals surface area contributed by atoms with Gasteiger partial charge in [-0.25, -0.2) is 9.97 Å². The molecule has 1 aliphatic heterocycles. The van der Waals surface area contributed by atoms with Crippen molar-refractivity contribution in [3.05, 3.63) is 35.1 Å². The maximum Gasteiger partial charge on any atom is 0.276 e. The van der Waals surface area contributed by atoms with E-state index in [9.17, 15) is 4.79 Å². The molecule has 1 aliphatic rings. The molecule has 1 amide bonds. The Hall–Kier alpha value is -2.44. The van der Waals surface area contributed by atoms with E-state index in [-0.39, 0.29) is 11.9 Å². The molecule has 2 aromatic rings. The number of hydrogen-bond acceptors (Lipinski definition) is 6. The number of anilines is 1. The van der Waals surface area contributed by atoms with Gasteiger partial charge in [0.1, 0.15) is 17.4 Å². The molecule has 7 heteroatoms. The summed E-state index contributed by atoms with van der Waals surface area (Å²) < 4.78 is 5.16. The Morgan fingerprint density at radius 2 is 2.26 bits per heavy atom. The van der Waals surface area contributed by atoms with E-state index in [0.29, 0.717) is 18.1 Å². The molecule has 3 heterocycles. The molecule has 2 aromatic heterocycles. The fraction of sp³-hybridized carbons (Fsp3) is 0.500. The van der Waals surface area contributed by atoms with Gasteiger partial charge in [0.15, 0.2) is 5.69 Å². The number of nitrogens with one attached hydrogen (secondary N) is 1. The Bertz CT molecular complexity index is 712. The summed E-state index contributed by atoms with van der Waals surface area (Å²) >= 11 is 0. The molecule has 1 saturated heterocycles. The van der Waals surface area contributed by atoms with Crippen molar-refractivity contribution >= 4 is 11.7 Å². The molecule has 0 aromatic carbocycles. The molecule has 1 fully saturated rings. The third-order valence-electron chi connectivity index (χ3n) is 4.10. The molecule has 23 heavy (non-hydrogen) atoms. The summed E-state index contributed by atoms with van der Waals surface area (Å²) in [6.07, 6.45) is 2.57. The lowest BCUT2D eigenvalue weighted by molar-refractivity contribution is 0.0722. The number of hydrogen-bond donors (Lipinski definition) is 1. The summed E-state index contributed by atoms with van der Waals surface area (Å²) in [5.41, 5.74) is 1.24. The van der Waals surface area contributed by atoms with E-state index in [1.54, 1.807) is 6.07 Å². The first-order valence-corrected chi connectivity index (χ1v) is 7.92. The molecule has 0 radical (unpaired) electrons. The second kappa shape index (κ2) is 6.36. The van der Waals surface area contributed by atoms with E-state index in [0.717, 1.165) is 36.5 Å². The van der Waals surface area contributed by atoms with Gasteiger partial charge in [0.2, 0.25) is 0 Å². The quantitative estimate of drug-likeness (QED) is 0.932. The van der Waals surface area contributed by atoms with Gasteiger partial charge < -0.3 is 14.7 Å². The van der Waals surface area contributed by atoms with Crippen LogP contribution in [0.1, 0.15) is 53.6 Å². The van der Waals surface area contributed by atoms with Crippen LogP contribution in [0.15, 0.2) is 16.7 Å². The fourth-order valence-corrected chi connectivity index (χ4v) is 2.93. The highest BCUT2D eigenvalue weighted by molar-refractivity contribution is 5.92. The van der Waals surface area contributed by atoms with Gasteiger partial charge in [-0.3, -0.25) is 4.79 Å². The number of nitrogens with zero attached hydrogens (tertiary/aromatic N) is 4. The molecule has 0 saturated carbocycles. The van der Waals surface area contributed by atoms with E-state index in [4.69, 9.17) is 4.52 Å². The number of likely N-dealkylation sites (tertiary alicyclic amines) is 1. The van der Waals surface area contributed by atoms with Gasteiger partial charge in [-0.05, 0) is 19.8 Å². The SMILES string of the molecule is CCc1cc(C(=O)N2CCC[C@@H]2c2cc(NC)nc(C)n2)no1. The first-order valence-electron chi connectivity index (χ1n) is 7.92. The van der Waals surface area contributed by atoms with Crippen LogP contribution >= 0.6 is 0 Å². The maximum atomic E-state index is 12.7. The van der Waals surface area contributed by atoms with Crippen LogP contribution in [0, 0.1) is 6.92 Å². The normalized spacial score (nSPS) is 17.5. The lowest BCUT2D eigenvalue weighted by Crippen LogP contribution is -2.31. The van der Waals surface area contributed by atoms with Crippen molar-refractivity contribution in [1.29, 1.82) is 0 Å². The second-order valence-electron chi connectivity index (χ2n) is 5.66. The zero-order valence-electron chi connectivity index (χ0n) is 13.7. The lowest BCUT2D eigenvalue weighted by atomic mass is 10.1. The van der Waals surface area contributed by atoms with Gasteiger partial charge in [0.05, 0.1) is 11.7 Å². The van der Waals surface area contributed by atoms with Crippen molar-refractivity contribution in [1.82, 2.24) is 20.0 Å². The van der Waals surface area contributed by atoms with Crippen LogP contribution < -0.4 is 5.32 Å². The average Bonchev–Trinajstić information content (AvgIpc) is 3.22. The fourth-order valence-electron chi connectivity index (χ4n) is 2.93. The standard InChI is InChI=1S/C16H21N5O2/c1-4-11-8-13(20-23-11)16(22)21-7-5-6-14(21)12-9-15(17-3)19-10(2)18-12/h8-9,14H,4-7H2,1-3H3,(H,17,18,19)/t14-/m1/s1. The molecule has 122 valence electrons. The van der Waals surface area contributed by atoms with Crippen molar-refractivity contribution in [2.24, 2.45) is 0 Å². The summed E-state index contributed by atoms with van der Waals surface area (Å²) in [5.74, 6) is 2.08. The molecular weight excluding hydrogens is 294 g/mol. The largest absolute Gasteiger partial charge is 0.373 e. The van der Waals surface area contributed by atoms with Crippen molar-refractivity contribution in [2.75, 3.05) is 18.9 Å². The van der Waals surface area contributed by atoms with Crippen LogP contribution in [-0.4, -0.2) is 39.5 Å². The van der Waals surface area contributed by atoms with Crippen LogP contribution in [0.5, 0.6) is 0 Å². The van der Waals surface area contributed by atoms with Gasteiger partial charge in [-0.15, -0.1) is 0 Å². The van der Waals surface area contributed by atoms with Gasteiger partial charge in [0, 0.05) is 32.1 Å². The predicted molar refractivity (Wildman–Crippen MR) is 85.2 cm³/mol. The van der Waals surface area contributed by atoms with Gasteiger partial charge >= 0.3 is 0 Å². The van der Waals surface area contributed by atoms with Gasteiger partial charge in [0.25, 0.3) is 5.91 Å². The number of amides is 1. The highest BCUT2D eigenvalue weighted by Crippen LogP contribution is 2.32. The smallest absolute Gasteiger partial charge is 0.276 e. The minimum Gasteiger partial charge on any atom is -0.373 e. The zero-order chi connectivity index (χ0) is 16.4. The van der Waals surface area contributed by atoms with E-state index >= 15 is 0 Å². The first-order chi connectivity index (χ1) is 11.1. The number of rotatable bonds is 4. The average molecular weight is 315 g/mol. The van der Waals surface area contributed by atoms with Crippen LogP contribution in [0.2, 0.25) is 0 Å². The van der Waals surface area contributed by atoms with Crippen LogP contribution in [-0.2, 0) is 6.42 Å². The Balaban J connectivity index is 1.88. The minimum atomic E-state index is -0.0989. The zero-order valence-corrected chi connectivity index (χ0v) is 13.7. The topological polar surface area (TPSA) is 84.2 Å². The monoisotopic (exact) mass is 315 g/mol. The molecule has 0 aliphatic carbocycles. The van der Waals surface area contributed by atoms with Crippen molar-refractivity contribution < 1.29 is 9.32 Å². The molecule has 3 rings (SSSR count). The minimum absolute atomic E-state index is 0.0434. The van der Waals surface area contributed by atoms with Crippen molar-refractivity contribution in [3.63, 3.8) is 0 Å². The van der Waals surface area contributed by atoms with E-state index < -0.39 is 0 Å². The number of aryl methyl sites for hydroxylation is 2. The highest BCUT2D eigenvalue weighted by Gasteiger charge is 2.33. The third kappa shape index (κ3) is 3.04. The molecule has 1 N–H and O–H groups in total. The summed E-state index contributed by atoms with van der Waals surface area (Å²) in [6.45, 7) is 4.53. The van der Waals surface area contributed by atoms with Gasteiger partial charge in [-0.2, -0.15) is 0 Å². The highest BCUT2D eigenvalue weighted by atomic mass is 16.5. The molecular formula is C16H21N5O2. The maximum absolute atomic E-state index is 12.7. The van der Waals surface area contributed by atoms with Crippen molar-refractivity contribution in [2.45, 2.75) is 39.2 Å². The number of carbonyl (C=O) groups is 1. The molecule has 0 spiro atoms. The van der Waals surface area contributed by atoms with Crippen molar-refractivity contribution in [3.8, 4) is 0 Å². The van der Waals surface area contributed by atoms with Crippen LogP contribution in [0.4, 0.5) is 5.82 Å². The summed E-state index contributed by atoms with van der Waals surface area (Å²) in [4.78, 5) is 23.4. The summed E-state index contributed by atoms with van der Waals surface area (Å²) in [5, 5.41) is 6.94. The van der Waals surface area contributed by atoms with E-state index in [1.165, 1.54) is 0 Å². The first kappa shape index (κ1) is 15.5. The van der Waals surface area contributed by atoms with Crippen LogP contribution in [0.3, 0.4) is 0 Å². The number of aromatic nitrogens is 3. The molecule has 1 atom stereocenters.